The maximum Gasteiger partial charge on any atom is 0.181 e. The first-order chi connectivity index (χ1) is 8.68. The first-order valence-electron chi connectivity index (χ1n) is 5.94. The molecule has 0 aliphatic heterocycles. The van der Waals surface area contributed by atoms with Gasteiger partial charge in [0.25, 0.3) is 0 Å². The number of rotatable bonds is 4. The first-order valence-corrected chi connectivity index (χ1v) is 5.94. The quantitative estimate of drug-likeness (QED) is 0.839. The summed E-state index contributed by atoms with van der Waals surface area (Å²) < 4.78 is 5.49. The Morgan fingerprint density at radius 3 is 2.67 bits per heavy atom. The molecular weight excluding hydrogens is 226 g/mol. The Bertz CT molecular complexity index is 525. The van der Waals surface area contributed by atoms with Gasteiger partial charge in [-0.25, -0.2) is 0 Å². The number of nitrogens with zero attached hydrogens (tertiary/aromatic N) is 1. The second-order valence-electron chi connectivity index (χ2n) is 4.27. The molecule has 0 bridgehead atoms. The monoisotopic (exact) mass is 243 g/mol. The number of aryl methyl sites for hydroxylation is 2. The maximum absolute atomic E-state index is 10.0. The largest absolute Gasteiger partial charge is 0.364 e. The number of hydrogen-bond acceptors (Lipinski definition) is 3. The third kappa shape index (κ3) is 2.94. The van der Waals surface area contributed by atoms with Crippen LogP contribution in [0.25, 0.3) is 0 Å². The zero-order valence-electron chi connectivity index (χ0n) is 10.6. The second kappa shape index (κ2) is 5.76. The molecule has 1 aromatic carbocycles. The fourth-order valence-corrected chi connectivity index (χ4v) is 1.79. The molecule has 3 nitrogen and oxygen atoms in total. The molecule has 0 saturated carbocycles. The predicted molar refractivity (Wildman–Crippen MR) is 69.9 cm³/mol. The van der Waals surface area contributed by atoms with Crippen molar-refractivity contribution in [2.24, 2.45) is 0 Å². The highest BCUT2D eigenvalue weighted by Gasteiger charge is 2.10. The van der Waals surface area contributed by atoms with E-state index in [4.69, 9.17) is 4.74 Å². The van der Waals surface area contributed by atoms with Gasteiger partial charge in [-0.15, -0.1) is 0 Å². The van der Waals surface area contributed by atoms with Crippen LogP contribution >= 0.6 is 0 Å². The molecule has 0 saturated heterocycles. The van der Waals surface area contributed by atoms with Crippen molar-refractivity contribution in [2.75, 3.05) is 0 Å². The molecule has 0 amide bonds. The van der Waals surface area contributed by atoms with Crippen LogP contribution < -0.4 is 0 Å². The van der Waals surface area contributed by atoms with Crippen LogP contribution in [0.3, 0.4) is 0 Å². The van der Waals surface area contributed by atoms with Gasteiger partial charge >= 0.3 is 0 Å². The van der Waals surface area contributed by atoms with Crippen LogP contribution in [0.2, 0.25) is 0 Å². The van der Waals surface area contributed by atoms with Crippen molar-refractivity contribution in [2.45, 2.75) is 26.7 Å². The highest BCUT2D eigenvalue weighted by atomic mass is 16.6. The van der Waals surface area contributed by atoms with Crippen molar-refractivity contribution >= 4 is 0 Å². The summed E-state index contributed by atoms with van der Waals surface area (Å²) in [5.41, 5.74) is 3.74. The SMILES string of the molecule is Cc1ccccc1C(O)OCc1cccnc1C. The molecule has 0 fully saturated rings. The Morgan fingerprint density at radius 1 is 1.17 bits per heavy atom. The van der Waals surface area contributed by atoms with Gasteiger partial charge < -0.3 is 9.84 Å². The van der Waals surface area contributed by atoms with Crippen LogP contribution in [0.15, 0.2) is 42.6 Å². The topological polar surface area (TPSA) is 42.4 Å². The molecule has 1 unspecified atom stereocenters. The number of hydrogen-bond donors (Lipinski definition) is 1. The van der Waals surface area contributed by atoms with Crippen molar-refractivity contribution < 1.29 is 9.84 Å². The lowest BCUT2D eigenvalue weighted by Crippen LogP contribution is -2.06. The standard InChI is InChI=1S/C15H17NO2/c1-11-6-3-4-8-14(11)15(17)18-10-13-7-5-9-16-12(13)2/h3-9,15,17H,10H2,1-2H3. The van der Waals surface area contributed by atoms with Gasteiger partial charge in [0.05, 0.1) is 6.61 Å². The minimum atomic E-state index is -0.897. The number of aliphatic hydroxyl groups is 1. The van der Waals surface area contributed by atoms with Crippen LogP contribution in [0, 0.1) is 13.8 Å². The van der Waals surface area contributed by atoms with Crippen LogP contribution in [-0.4, -0.2) is 10.1 Å². The van der Waals surface area contributed by atoms with E-state index in [1.807, 2.05) is 50.2 Å². The second-order valence-corrected chi connectivity index (χ2v) is 4.27. The molecule has 2 rings (SSSR count). The number of benzene rings is 1. The van der Waals surface area contributed by atoms with Gasteiger partial charge in [0.15, 0.2) is 6.29 Å². The normalized spacial score (nSPS) is 12.4. The number of pyridine rings is 1. The Hall–Kier alpha value is -1.71. The lowest BCUT2D eigenvalue weighted by atomic mass is 10.1. The van der Waals surface area contributed by atoms with E-state index < -0.39 is 6.29 Å². The molecular formula is C15H17NO2. The summed E-state index contributed by atoms with van der Waals surface area (Å²) in [7, 11) is 0. The summed E-state index contributed by atoms with van der Waals surface area (Å²) in [6.07, 6.45) is 0.849. The van der Waals surface area contributed by atoms with Gasteiger partial charge in [-0.2, -0.15) is 0 Å². The molecule has 2 aromatic rings. The van der Waals surface area contributed by atoms with E-state index in [1.54, 1.807) is 6.20 Å². The summed E-state index contributed by atoms with van der Waals surface area (Å²) >= 11 is 0. The average molecular weight is 243 g/mol. The molecule has 0 spiro atoms. The number of aliphatic hydroxyl groups excluding tert-OH is 1. The number of aromatic nitrogens is 1. The highest BCUT2D eigenvalue weighted by molar-refractivity contribution is 5.26. The minimum Gasteiger partial charge on any atom is -0.364 e. The van der Waals surface area contributed by atoms with E-state index >= 15 is 0 Å². The first kappa shape index (κ1) is 12.7. The van der Waals surface area contributed by atoms with Crippen molar-refractivity contribution in [1.82, 2.24) is 4.98 Å². The fourth-order valence-electron chi connectivity index (χ4n) is 1.79. The molecule has 0 radical (unpaired) electrons. The van der Waals surface area contributed by atoms with E-state index in [0.717, 1.165) is 22.4 Å². The lowest BCUT2D eigenvalue weighted by molar-refractivity contribution is -0.112. The van der Waals surface area contributed by atoms with Crippen molar-refractivity contribution in [3.05, 3.63) is 65.0 Å². The van der Waals surface area contributed by atoms with Gasteiger partial charge in [-0.05, 0) is 31.0 Å². The molecule has 1 heterocycles. The lowest BCUT2D eigenvalue weighted by Gasteiger charge is -2.15. The molecule has 0 aliphatic carbocycles. The van der Waals surface area contributed by atoms with Gasteiger partial charge in [0, 0.05) is 17.5 Å². The molecule has 18 heavy (non-hydrogen) atoms. The maximum atomic E-state index is 10.0. The summed E-state index contributed by atoms with van der Waals surface area (Å²) in [4.78, 5) is 4.19. The highest BCUT2D eigenvalue weighted by Crippen LogP contribution is 2.20. The van der Waals surface area contributed by atoms with E-state index in [-0.39, 0.29) is 0 Å². The van der Waals surface area contributed by atoms with E-state index in [0.29, 0.717) is 6.61 Å². The van der Waals surface area contributed by atoms with Crippen LogP contribution in [0.1, 0.15) is 28.7 Å². The van der Waals surface area contributed by atoms with Crippen molar-refractivity contribution in [1.29, 1.82) is 0 Å². The Morgan fingerprint density at radius 2 is 1.94 bits per heavy atom. The van der Waals surface area contributed by atoms with E-state index in [1.165, 1.54) is 0 Å². The zero-order valence-corrected chi connectivity index (χ0v) is 10.6. The van der Waals surface area contributed by atoms with E-state index in [9.17, 15) is 5.11 Å². The molecule has 94 valence electrons. The van der Waals surface area contributed by atoms with E-state index in [2.05, 4.69) is 4.98 Å². The fraction of sp³-hybridized carbons (Fsp3) is 0.267. The van der Waals surface area contributed by atoms with Crippen molar-refractivity contribution in [3.63, 3.8) is 0 Å². The summed E-state index contributed by atoms with van der Waals surface area (Å²) in [5.74, 6) is 0. The van der Waals surface area contributed by atoms with Gasteiger partial charge in [0.1, 0.15) is 0 Å². The third-order valence-corrected chi connectivity index (χ3v) is 2.97. The summed E-state index contributed by atoms with van der Waals surface area (Å²) in [5, 5.41) is 10.0. The molecule has 0 aliphatic rings. The van der Waals surface area contributed by atoms with Gasteiger partial charge in [0.2, 0.25) is 0 Å². The predicted octanol–water partition coefficient (Wildman–Crippen LogP) is 2.91. The molecule has 3 heteroatoms. The van der Waals surface area contributed by atoms with Crippen LogP contribution in [0.5, 0.6) is 0 Å². The van der Waals surface area contributed by atoms with Crippen molar-refractivity contribution in [3.8, 4) is 0 Å². The Kier molecular flexibility index (Phi) is 4.07. The average Bonchev–Trinajstić information content (AvgIpc) is 2.38. The molecule has 1 atom stereocenters. The zero-order chi connectivity index (χ0) is 13.0. The smallest absolute Gasteiger partial charge is 0.181 e. The Labute approximate surface area is 107 Å². The summed E-state index contributed by atoms with van der Waals surface area (Å²) in [6, 6.07) is 11.5. The van der Waals surface area contributed by atoms with Gasteiger partial charge in [-0.1, -0.05) is 30.3 Å². The minimum absolute atomic E-state index is 0.356. The van der Waals surface area contributed by atoms with Gasteiger partial charge in [-0.3, -0.25) is 4.98 Å². The molecule has 1 aromatic heterocycles. The van der Waals surface area contributed by atoms with Crippen LogP contribution in [0.4, 0.5) is 0 Å². The third-order valence-electron chi connectivity index (χ3n) is 2.97. The summed E-state index contributed by atoms with van der Waals surface area (Å²) in [6.45, 7) is 4.24. The Balaban J connectivity index is 2.03. The number of ether oxygens (including phenoxy) is 1. The molecule has 1 N–H and O–H groups in total. The van der Waals surface area contributed by atoms with Crippen LogP contribution in [-0.2, 0) is 11.3 Å².